The second kappa shape index (κ2) is 5.38. The van der Waals surface area contributed by atoms with E-state index in [1.54, 1.807) is 12.1 Å². The molecule has 0 aromatic heterocycles. The molecule has 2 aromatic carbocycles. The maximum absolute atomic E-state index is 6.13. The average molecular weight is 371 g/mol. The number of benzene rings is 2. The summed E-state index contributed by atoms with van der Waals surface area (Å²) in [6, 6.07) is 8.93. The van der Waals surface area contributed by atoms with Crippen molar-refractivity contribution in [2.45, 2.75) is 0 Å². The second-order valence-corrected chi connectivity index (χ2v) is 5.86. The largest absolute Gasteiger partial charge is 0.0836 e. The van der Waals surface area contributed by atoms with Crippen LogP contribution in [0.2, 0.25) is 20.1 Å². The van der Waals surface area contributed by atoms with E-state index in [2.05, 4.69) is 15.9 Å². The summed E-state index contributed by atoms with van der Waals surface area (Å²) < 4.78 is 0.832. The fourth-order valence-electron chi connectivity index (χ4n) is 1.41. The van der Waals surface area contributed by atoms with Gasteiger partial charge in [-0.1, -0.05) is 52.5 Å². The molecule has 2 rings (SSSR count). The molecule has 17 heavy (non-hydrogen) atoms. The van der Waals surface area contributed by atoms with Crippen LogP contribution in [0.15, 0.2) is 34.8 Å². The summed E-state index contributed by atoms with van der Waals surface area (Å²) in [7, 11) is 0. The minimum Gasteiger partial charge on any atom is -0.0836 e. The SMILES string of the molecule is Clc1cc(Cl)c(-c2ccc(Br)c(Cl)c2)cc1Cl. The molecule has 0 saturated heterocycles. The molecule has 0 atom stereocenters. The first-order valence-corrected chi connectivity index (χ1v) is 6.89. The molecule has 2 aromatic rings. The Morgan fingerprint density at radius 2 is 1.35 bits per heavy atom. The summed E-state index contributed by atoms with van der Waals surface area (Å²) >= 11 is 27.4. The molecule has 0 aliphatic rings. The molecule has 88 valence electrons. The molecule has 0 N–H and O–H groups in total. The van der Waals surface area contributed by atoms with Gasteiger partial charge in [-0.2, -0.15) is 0 Å². The van der Waals surface area contributed by atoms with E-state index in [-0.39, 0.29) is 0 Å². The first-order chi connectivity index (χ1) is 7.99. The van der Waals surface area contributed by atoms with Gasteiger partial charge in [-0.15, -0.1) is 0 Å². The lowest BCUT2D eigenvalue weighted by atomic mass is 10.1. The first-order valence-electron chi connectivity index (χ1n) is 4.59. The minimum absolute atomic E-state index is 0.434. The molecule has 0 amide bonds. The van der Waals surface area contributed by atoms with E-state index < -0.39 is 0 Å². The van der Waals surface area contributed by atoms with Gasteiger partial charge in [-0.25, -0.2) is 0 Å². The Kier molecular flexibility index (Phi) is 4.27. The van der Waals surface area contributed by atoms with Crippen molar-refractivity contribution in [3.8, 4) is 11.1 Å². The molecule has 0 fully saturated rings. The van der Waals surface area contributed by atoms with Crippen molar-refractivity contribution in [1.29, 1.82) is 0 Å². The smallest absolute Gasteiger partial charge is 0.0607 e. The number of hydrogen-bond acceptors (Lipinski definition) is 0. The van der Waals surface area contributed by atoms with Gasteiger partial charge in [0, 0.05) is 15.1 Å². The molecule has 0 spiro atoms. The highest BCUT2D eigenvalue weighted by Gasteiger charge is 2.09. The van der Waals surface area contributed by atoms with Gasteiger partial charge in [0.15, 0.2) is 0 Å². The van der Waals surface area contributed by atoms with Crippen LogP contribution in [0, 0.1) is 0 Å². The van der Waals surface area contributed by atoms with Crippen molar-refractivity contribution in [2.75, 3.05) is 0 Å². The topological polar surface area (TPSA) is 0 Å². The van der Waals surface area contributed by atoms with E-state index in [0.717, 1.165) is 15.6 Å². The summed E-state index contributed by atoms with van der Waals surface area (Å²) in [6.07, 6.45) is 0. The summed E-state index contributed by atoms with van der Waals surface area (Å²) in [4.78, 5) is 0. The van der Waals surface area contributed by atoms with Gasteiger partial charge in [0.25, 0.3) is 0 Å². The van der Waals surface area contributed by atoms with E-state index in [4.69, 9.17) is 46.4 Å². The van der Waals surface area contributed by atoms with Crippen molar-refractivity contribution < 1.29 is 0 Å². The normalized spacial score (nSPS) is 10.6. The van der Waals surface area contributed by atoms with Crippen LogP contribution >= 0.6 is 62.3 Å². The van der Waals surface area contributed by atoms with Crippen molar-refractivity contribution >= 4 is 62.3 Å². The van der Waals surface area contributed by atoms with Crippen molar-refractivity contribution in [1.82, 2.24) is 0 Å². The summed E-state index contributed by atoms with van der Waals surface area (Å²) in [5.41, 5.74) is 1.69. The molecule has 0 aliphatic heterocycles. The molecule has 0 aliphatic carbocycles. The molecule has 5 heteroatoms. The molecule has 0 heterocycles. The molecule has 0 saturated carbocycles. The maximum atomic E-state index is 6.13. The Morgan fingerprint density at radius 3 is 2.00 bits per heavy atom. The van der Waals surface area contributed by atoms with Crippen LogP contribution < -0.4 is 0 Å². The van der Waals surface area contributed by atoms with Crippen LogP contribution in [0.4, 0.5) is 0 Å². The summed E-state index contributed by atoms with van der Waals surface area (Å²) in [5.74, 6) is 0. The van der Waals surface area contributed by atoms with E-state index in [9.17, 15) is 0 Å². The van der Waals surface area contributed by atoms with Crippen LogP contribution in [0.25, 0.3) is 11.1 Å². The predicted octanol–water partition coefficient (Wildman–Crippen LogP) is 6.73. The van der Waals surface area contributed by atoms with Crippen molar-refractivity contribution in [2.24, 2.45) is 0 Å². The lowest BCUT2D eigenvalue weighted by molar-refractivity contribution is 1.59. The third-order valence-electron chi connectivity index (χ3n) is 2.24. The molecular weight excluding hydrogens is 366 g/mol. The lowest BCUT2D eigenvalue weighted by Crippen LogP contribution is -1.82. The van der Waals surface area contributed by atoms with Gasteiger partial charge >= 0.3 is 0 Å². The van der Waals surface area contributed by atoms with Crippen LogP contribution in [0.1, 0.15) is 0 Å². The fraction of sp³-hybridized carbons (Fsp3) is 0. The molecule has 0 bridgehead atoms. The third kappa shape index (κ3) is 2.91. The zero-order valence-electron chi connectivity index (χ0n) is 8.28. The maximum Gasteiger partial charge on any atom is 0.0607 e. The van der Waals surface area contributed by atoms with E-state index >= 15 is 0 Å². The lowest BCUT2D eigenvalue weighted by Gasteiger charge is -2.08. The van der Waals surface area contributed by atoms with Gasteiger partial charge < -0.3 is 0 Å². The molecule has 0 radical (unpaired) electrons. The zero-order valence-corrected chi connectivity index (χ0v) is 12.9. The highest BCUT2D eigenvalue weighted by Crippen LogP contribution is 2.37. The average Bonchev–Trinajstić information content (AvgIpc) is 2.27. The van der Waals surface area contributed by atoms with Gasteiger partial charge in [0.05, 0.1) is 15.1 Å². The van der Waals surface area contributed by atoms with Gasteiger partial charge in [-0.3, -0.25) is 0 Å². The predicted molar refractivity (Wildman–Crippen MR) is 79.6 cm³/mol. The van der Waals surface area contributed by atoms with E-state index in [1.165, 1.54) is 0 Å². The van der Waals surface area contributed by atoms with Crippen LogP contribution in [0.5, 0.6) is 0 Å². The Bertz CT molecular complexity index is 581. The molecular formula is C12H5BrCl4. The number of rotatable bonds is 1. The highest BCUT2D eigenvalue weighted by atomic mass is 79.9. The van der Waals surface area contributed by atoms with Gasteiger partial charge in [-0.05, 0) is 45.8 Å². The Hall–Kier alpha value is 0.0800. The second-order valence-electron chi connectivity index (χ2n) is 3.38. The van der Waals surface area contributed by atoms with Crippen molar-refractivity contribution in [3.63, 3.8) is 0 Å². The van der Waals surface area contributed by atoms with Gasteiger partial charge in [0.2, 0.25) is 0 Å². The van der Waals surface area contributed by atoms with Crippen LogP contribution in [-0.2, 0) is 0 Å². The quantitative estimate of drug-likeness (QED) is 0.488. The van der Waals surface area contributed by atoms with E-state index in [0.29, 0.717) is 20.1 Å². The standard InChI is InChI=1S/C12H5BrCl4/c13-8-2-1-6(3-10(8)15)7-4-11(16)12(17)5-9(7)14/h1-5H. The van der Waals surface area contributed by atoms with Crippen LogP contribution in [0.3, 0.4) is 0 Å². The number of halogens is 5. The Morgan fingerprint density at radius 1 is 0.706 bits per heavy atom. The molecule has 0 unspecified atom stereocenters. The zero-order chi connectivity index (χ0) is 12.6. The van der Waals surface area contributed by atoms with Crippen molar-refractivity contribution in [3.05, 3.63) is 54.9 Å². The Labute approximate surface area is 128 Å². The first kappa shape index (κ1) is 13.5. The minimum atomic E-state index is 0.434. The Balaban J connectivity index is 2.60. The number of hydrogen-bond donors (Lipinski definition) is 0. The van der Waals surface area contributed by atoms with Gasteiger partial charge in [0.1, 0.15) is 0 Å². The fourth-order valence-corrected chi connectivity index (χ4v) is 2.49. The van der Waals surface area contributed by atoms with Crippen LogP contribution in [-0.4, -0.2) is 0 Å². The summed E-state index contributed by atoms with van der Waals surface area (Å²) in [6.45, 7) is 0. The monoisotopic (exact) mass is 368 g/mol. The van der Waals surface area contributed by atoms with E-state index in [1.807, 2.05) is 18.2 Å². The summed E-state index contributed by atoms with van der Waals surface area (Å²) in [5, 5.41) is 2.05. The molecule has 0 nitrogen and oxygen atoms in total. The highest BCUT2D eigenvalue weighted by molar-refractivity contribution is 9.10. The third-order valence-corrected chi connectivity index (χ3v) is 4.51.